The van der Waals surface area contributed by atoms with Crippen LogP contribution in [0.25, 0.3) is 22.0 Å². The fraction of sp³-hybridized carbons (Fsp3) is 0.176. The fourth-order valence-corrected chi connectivity index (χ4v) is 3.02. The highest BCUT2D eigenvalue weighted by molar-refractivity contribution is 5.98. The summed E-state index contributed by atoms with van der Waals surface area (Å²) in [6.45, 7) is 1.73. The Kier molecular flexibility index (Phi) is 3.75. The van der Waals surface area contributed by atoms with E-state index in [0.717, 1.165) is 27.7 Å². The number of benzene rings is 1. The van der Waals surface area contributed by atoms with Crippen LogP contribution in [0.15, 0.2) is 48.8 Å². The number of aryl methyl sites for hydroxylation is 1. The van der Waals surface area contributed by atoms with E-state index in [9.17, 15) is 10.0 Å². The van der Waals surface area contributed by atoms with Crippen molar-refractivity contribution in [2.45, 2.75) is 13.0 Å². The number of hydrogen-bond donors (Lipinski definition) is 2. The van der Waals surface area contributed by atoms with E-state index in [4.69, 9.17) is 5.73 Å². The normalized spacial score (nSPS) is 12.3. The number of hydroxylamine groups is 2. The van der Waals surface area contributed by atoms with Crippen LogP contribution in [-0.4, -0.2) is 25.9 Å². The number of pyridine rings is 1. The molecule has 6 heteroatoms. The Balaban J connectivity index is 2.32. The number of nitrogens with zero attached hydrogens (tertiary/aromatic N) is 3. The first-order valence-electron chi connectivity index (χ1n) is 7.27. The van der Waals surface area contributed by atoms with Crippen molar-refractivity contribution in [3.8, 4) is 11.1 Å². The molecule has 3 aromatic rings. The Hall–Kier alpha value is -2.86. The maximum atomic E-state index is 11.4. The summed E-state index contributed by atoms with van der Waals surface area (Å²) in [5.41, 5.74) is 8.88. The lowest BCUT2D eigenvalue weighted by Crippen LogP contribution is -2.35. The fourth-order valence-electron chi connectivity index (χ4n) is 3.02. The molecule has 0 aliphatic rings. The molecule has 1 unspecified atom stereocenters. The molecule has 0 saturated carbocycles. The molecule has 1 atom stereocenters. The summed E-state index contributed by atoms with van der Waals surface area (Å²) in [5.74, 6) is 0. The molecule has 0 fully saturated rings. The van der Waals surface area contributed by atoms with Gasteiger partial charge in [-0.05, 0) is 19.1 Å². The quantitative estimate of drug-likeness (QED) is 0.576. The topological polar surface area (TPSA) is 84.4 Å². The number of para-hydroxylation sites is 1. The number of amides is 2. The van der Waals surface area contributed by atoms with Crippen molar-refractivity contribution in [2.24, 2.45) is 12.8 Å². The van der Waals surface area contributed by atoms with E-state index in [1.807, 2.05) is 48.0 Å². The van der Waals surface area contributed by atoms with E-state index in [0.29, 0.717) is 5.06 Å². The molecule has 1 aromatic carbocycles. The Labute approximate surface area is 133 Å². The molecule has 2 heterocycles. The van der Waals surface area contributed by atoms with Gasteiger partial charge in [0, 0.05) is 41.5 Å². The average molecular weight is 310 g/mol. The third-order valence-corrected chi connectivity index (χ3v) is 4.09. The third-order valence-electron chi connectivity index (χ3n) is 4.09. The number of primary amides is 1. The molecule has 0 bridgehead atoms. The summed E-state index contributed by atoms with van der Waals surface area (Å²) in [7, 11) is 1.91. The largest absolute Gasteiger partial charge is 0.350 e. The molecule has 0 radical (unpaired) electrons. The van der Waals surface area contributed by atoms with Crippen molar-refractivity contribution >= 4 is 16.9 Å². The van der Waals surface area contributed by atoms with Gasteiger partial charge in [0.25, 0.3) is 0 Å². The average Bonchev–Trinajstić information content (AvgIpc) is 2.87. The van der Waals surface area contributed by atoms with Crippen LogP contribution in [0.1, 0.15) is 18.7 Å². The van der Waals surface area contributed by atoms with Gasteiger partial charge in [-0.2, -0.15) is 5.06 Å². The second-order valence-corrected chi connectivity index (χ2v) is 5.44. The minimum absolute atomic E-state index is 0.550. The highest BCUT2D eigenvalue weighted by atomic mass is 16.5. The van der Waals surface area contributed by atoms with Crippen LogP contribution >= 0.6 is 0 Å². The standard InChI is InChI=1S/C17H18N4O2/c1-11(21(23)17(18)22)16-15(12-6-5-9-19-10-12)13-7-3-4-8-14(13)20(16)2/h3-11,23H,1-2H3,(H2,18,22). The molecule has 6 nitrogen and oxygen atoms in total. The molecular formula is C17H18N4O2. The smallest absolute Gasteiger partial charge is 0.339 e. The summed E-state index contributed by atoms with van der Waals surface area (Å²) in [5, 5.41) is 11.6. The van der Waals surface area contributed by atoms with Crippen molar-refractivity contribution in [2.75, 3.05) is 0 Å². The first-order chi connectivity index (χ1) is 11.0. The molecule has 23 heavy (non-hydrogen) atoms. The van der Waals surface area contributed by atoms with Crippen LogP contribution < -0.4 is 5.73 Å². The van der Waals surface area contributed by atoms with E-state index in [2.05, 4.69) is 4.98 Å². The van der Waals surface area contributed by atoms with Gasteiger partial charge < -0.3 is 10.3 Å². The predicted octanol–water partition coefficient (Wildman–Crippen LogP) is 3.07. The number of fused-ring (bicyclic) bond motifs is 1. The maximum Gasteiger partial charge on any atom is 0.339 e. The van der Waals surface area contributed by atoms with Crippen LogP contribution in [0, 0.1) is 0 Å². The van der Waals surface area contributed by atoms with Crippen LogP contribution in [0.2, 0.25) is 0 Å². The third kappa shape index (κ3) is 2.43. The van der Waals surface area contributed by atoms with Gasteiger partial charge in [-0.1, -0.05) is 24.3 Å². The number of nitrogens with two attached hydrogens (primary N) is 1. The minimum atomic E-state index is -0.889. The number of carbonyl (C=O) groups is 1. The summed E-state index contributed by atoms with van der Waals surface area (Å²) in [4.78, 5) is 15.5. The number of urea groups is 1. The second kappa shape index (κ2) is 5.73. The molecule has 0 spiro atoms. The zero-order valence-electron chi connectivity index (χ0n) is 13.0. The zero-order chi connectivity index (χ0) is 16.6. The summed E-state index contributed by atoms with van der Waals surface area (Å²) in [6.07, 6.45) is 3.48. The molecular weight excluding hydrogens is 292 g/mol. The van der Waals surface area contributed by atoms with Crippen molar-refractivity contribution < 1.29 is 10.0 Å². The van der Waals surface area contributed by atoms with Crippen molar-refractivity contribution in [3.05, 3.63) is 54.5 Å². The first kappa shape index (κ1) is 15.1. The van der Waals surface area contributed by atoms with E-state index in [-0.39, 0.29) is 0 Å². The van der Waals surface area contributed by atoms with Crippen LogP contribution in [0.5, 0.6) is 0 Å². The van der Waals surface area contributed by atoms with Crippen molar-refractivity contribution in [1.29, 1.82) is 0 Å². The molecule has 2 amide bonds. The number of rotatable bonds is 3. The predicted molar refractivity (Wildman–Crippen MR) is 87.8 cm³/mol. The van der Waals surface area contributed by atoms with Gasteiger partial charge in [0.1, 0.15) is 0 Å². The van der Waals surface area contributed by atoms with Crippen LogP contribution in [0.3, 0.4) is 0 Å². The molecule has 3 rings (SSSR count). The van der Waals surface area contributed by atoms with Gasteiger partial charge in [-0.25, -0.2) is 4.79 Å². The zero-order valence-corrected chi connectivity index (χ0v) is 13.0. The Bertz CT molecular complexity index is 858. The molecule has 2 aromatic heterocycles. The van der Waals surface area contributed by atoms with E-state index in [1.165, 1.54) is 0 Å². The number of aromatic nitrogens is 2. The molecule has 0 saturated heterocycles. The Morgan fingerprint density at radius 2 is 2.04 bits per heavy atom. The molecule has 0 aliphatic heterocycles. The number of hydrogen-bond acceptors (Lipinski definition) is 3. The lowest BCUT2D eigenvalue weighted by molar-refractivity contribution is -0.0725. The maximum absolute atomic E-state index is 11.4. The number of carbonyl (C=O) groups excluding carboxylic acids is 1. The Morgan fingerprint density at radius 1 is 1.30 bits per heavy atom. The Morgan fingerprint density at radius 3 is 2.70 bits per heavy atom. The van der Waals surface area contributed by atoms with Gasteiger partial charge in [0.2, 0.25) is 0 Å². The van der Waals surface area contributed by atoms with Crippen molar-refractivity contribution in [1.82, 2.24) is 14.6 Å². The van der Waals surface area contributed by atoms with Gasteiger partial charge in [-0.3, -0.25) is 10.2 Å². The van der Waals surface area contributed by atoms with E-state index < -0.39 is 12.1 Å². The minimum Gasteiger partial charge on any atom is -0.350 e. The van der Waals surface area contributed by atoms with Crippen molar-refractivity contribution in [3.63, 3.8) is 0 Å². The molecule has 0 aliphatic carbocycles. The van der Waals surface area contributed by atoms with Gasteiger partial charge in [-0.15, -0.1) is 0 Å². The summed E-state index contributed by atoms with van der Waals surface area (Å²) in [6, 6.07) is 10.3. The van der Waals surface area contributed by atoms with Gasteiger partial charge in [0.15, 0.2) is 0 Å². The lowest BCUT2D eigenvalue weighted by atomic mass is 10.0. The monoisotopic (exact) mass is 310 g/mol. The molecule has 3 N–H and O–H groups in total. The highest BCUT2D eigenvalue weighted by Crippen LogP contribution is 2.38. The lowest BCUT2D eigenvalue weighted by Gasteiger charge is -2.23. The second-order valence-electron chi connectivity index (χ2n) is 5.44. The van der Waals surface area contributed by atoms with Crippen LogP contribution in [0.4, 0.5) is 4.79 Å². The summed E-state index contributed by atoms with van der Waals surface area (Å²) >= 11 is 0. The van der Waals surface area contributed by atoms with E-state index >= 15 is 0 Å². The molecule has 118 valence electrons. The SMILES string of the molecule is CC(c1c(-c2cccnc2)c2ccccc2n1C)N(O)C(N)=O. The summed E-state index contributed by atoms with van der Waals surface area (Å²) < 4.78 is 1.97. The van der Waals surface area contributed by atoms with Gasteiger partial charge in [0.05, 0.1) is 11.7 Å². The van der Waals surface area contributed by atoms with Gasteiger partial charge >= 0.3 is 6.03 Å². The highest BCUT2D eigenvalue weighted by Gasteiger charge is 2.26. The first-order valence-corrected chi connectivity index (χ1v) is 7.27. The van der Waals surface area contributed by atoms with E-state index in [1.54, 1.807) is 19.3 Å². The van der Waals surface area contributed by atoms with Crippen LogP contribution in [-0.2, 0) is 7.05 Å².